The van der Waals surface area contributed by atoms with Gasteiger partial charge >= 0.3 is 0 Å². The van der Waals surface area contributed by atoms with Gasteiger partial charge in [0.1, 0.15) is 11.5 Å². The fourth-order valence-corrected chi connectivity index (χ4v) is 3.15. The third-order valence-corrected chi connectivity index (χ3v) is 4.57. The summed E-state index contributed by atoms with van der Waals surface area (Å²) < 4.78 is 15.4. The molecule has 6 heteroatoms. The highest BCUT2D eigenvalue weighted by Gasteiger charge is 2.17. The van der Waals surface area contributed by atoms with Gasteiger partial charge < -0.3 is 10.6 Å². The van der Waals surface area contributed by atoms with Crippen LogP contribution in [0.5, 0.6) is 0 Å². The van der Waals surface area contributed by atoms with Crippen molar-refractivity contribution in [2.75, 3.05) is 19.6 Å². The molecule has 1 atom stereocenters. The van der Waals surface area contributed by atoms with Gasteiger partial charge in [-0.25, -0.2) is 9.07 Å². The molecule has 5 nitrogen and oxygen atoms in total. The van der Waals surface area contributed by atoms with Crippen molar-refractivity contribution >= 4 is 5.91 Å². The number of aromatic nitrogens is 2. The van der Waals surface area contributed by atoms with Crippen LogP contribution in [-0.2, 0) is 0 Å². The SMILES string of the molecule is Cc1c(C(=O)NCCC2CCCNC2)cnn1-c1ccccc1F. The van der Waals surface area contributed by atoms with Crippen LogP contribution in [0.4, 0.5) is 4.39 Å². The maximum absolute atomic E-state index is 13.9. The number of carbonyl (C=O) groups excluding carboxylic acids is 1. The summed E-state index contributed by atoms with van der Waals surface area (Å²) in [4.78, 5) is 12.4. The van der Waals surface area contributed by atoms with Gasteiger partial charge in [-0.05, 0) is 57.3 Å². The van der Waals surface area contributed by atoms with E-state index in [0.29, 0.717) is 29.4 Å². The topological polar surface area (TPSA) is 59.0 Å². The quantitative estimate of drug-likeness (QED) is 0.885. The smallest absolute Gasteiger partial charge is 0.254 e. The minimum atomic E-state index is -0.361. The van der Waals surface area contributed by atoms with Crippen molar-refractivity contribution in [1.29, 1.82) is 0 Å². The Morgan fingerprint density at radius 1 is 1.46 bits per heavy atom. The van der Waals surface area contributed by atoms with Crippen molar-refractivity contribution < 1.29 is 9.18 Å². The summed E-state index contributed by atoms with van der Waals surface area (Å²) in [7, 11) is 0. The zero-order valence-electron chi connectivity index (χ0n) is 13.9. The molecule has 2 heterocycles. The van der Waals surface area contributed by atoms with Crippen molar-refractivity contribution in [2.24, 2.45) is 5.92 Å². The van der Waals surface area contributed by atoms with Crippen LogP contribution in [-0.4, -0.2) is 35.3 Å². The van der Waals surface area contributed by atoms with E-state index in [1.54, 1.807) is 25.1 Å². The molecule has 1 aromatic heterocycles. The molecule has 1 aromatic carbocycles. The first-order valence-electron chi connectivity index (χ1n) is 8.45. The number of para-hydroxylation sites is 1. The molecular weight excluding hydrogens is 307 g/mol. The molecule has 0 saturated carbocycles. The molecule has 2 N–H and O–H groups in total. The van der Waals surface area contributed by atoms with Gasteiger partial charge in [0, 0.05) is 6.54 Å². The lowest BCUT2D eigenvalue weighted by Gasteiger charge is -2.22. The summed E-state index contributed by atoms with van der Waals surface area (Å²) >= 11 is 0. The van der Waals surface area contributed by atoms with Crippen molar-refractivity contribution in [2.45, 2.75) is 26.2 Å². The summed E-state index contributed by atoms with van der Waals surface area (Å²) in [5.74, 6) is 0.112. The standard InChI is InChI=1S/C18H23FN4O/c1-13-15(12-22-23(13)17-7-3-2-6-16(17)19)18(24)21-10-8-14-5-4-9-20-11-14/h2-3,6-7,12,14,20H,4-5,8-11H2,1H3,(H,21,24). The summed E-state index contributed by atoms with van der Waals surface area (Å²) in [6, 6.07) is 6.41. The zero-order valence-corrected chi connectivity index (χ0v) is 13.9. The van der Waals surface area contributed by atoms with Gasteiger partial charge in [0.25, 0.3) is 5.91 Å². The van der Waals surface area contributed by atoms with Crippen LogP contribution >= 0.6 is 0 Å². The number of hydrogen-bond acceptors (Lipinski definition) is 3. The Morgan fingerprint density at radius 3 is 3.04 bits per heavy atom. The Morgan fingerprint density at radius 2 is 2.29 bits per heavy atom. The molecule has 0 spiro atoms. The van der Waals surface area contributed by atoms with E-state index in [1.165, 1.54) is 29.8 Å². The number of nitrogens with zero attached hydrogens (tertiary/aromatic N) is 2. The molecule has 128 valence electrons. The number of amides is 1. The monoisotopic (exact) mass is 330 g/mol. The number of hydrogen-bond donors (Lipinski definition) is 2. The molecule has 24 heavy (non-hydrogen) atoms. The predicted octanol–water partition coefficient (Wildman–Crippen LogP) is 2.44. The Labute approximate surface area is 141 Å². The van der Waals surface area contributed by atoms with E-state index >= 15 is 0 Å². The lowest BCUT2D eigenvalue weighted by atomic mass is 9.96. The minimum absolute atomic E-state index is 0.154. The van der Waals surface area contributed by atoms with E-state index < -0.39 is 0 Å². The highest BCUT2D eigenvalue weighted by atomic mass is 19.1. The second-order valence-electron chi connectivity index (χ2n) is 6.26. The van der Waals surface area contributed by atoms with Crippen molar-refractivity contribution in [3.63, 3.8) is 0 Å². The normalized spacial score (nSPS) is 17.7. The van der Waals surface area contributed by atoms with E-state index in [1.807, 2.05) is 0 Å². The van der Waals surface area contributed by atoms with Crippen LogP contribution in [0.25, 0.3) is 5.69 Å². The van der Waals surface area contributed by atoms with Gasteiger partial charge in [-0.1, -0.05) is 12.1 Å². The van der Waals surface area contributed by atoms with Gasteiger partial charge in [-0.2, -0.15) is 5.10 Å². The van der Waals surface area contributed by atoms with Gasteiger partial charge in [-0.15, -0.1) is 0 Å². The van der Waals surface area contributed by atoms with Crippen LogP contribution in [0, 0.1) is 18.7 Å². The molecular formula is C18H23FN4O. The number of piperidine rings is 1. The van der Waals surface area contributed by atoms with Gasteiger partial charge in [-0.3, -0.25) is 4.79 Å². The van der Waals surface area contributed by atoms with Crippen LogP contribution < -0.4 is 10.6 Å². The molecule has 1 unspecified atom stereocenters. The summed E-state index contributed by atoms with van der Waals surface area (Å²) in [6.45, 7) is 4.55. The third kappa shape index (κ3) is 3.64. The molecule has 0 aliphatic carbocycles. The highest BCUT2D eigenvalue weighted by molar-refractivity contribution is 5.95. The molecule has 1 aliphatic heterocycles. The maximum Gasteiger partial charge on any atom is 0.254 e. The summed E-state index contributed by atoms with van der Waals surface area (Å²) in [6.07, 6.45) is 4.89. The first-order valence-corrected chi connectivity index (χ1v) is 8.45. The van der Waals surface area contributed by atoms with Crippen LogP contribution in [0.15, 0.2) is 30.5 Å². The van der Waals surface area contributed by atoms with E-state index in [2.05, 4.69) is 15.7 Å². The summed E-state index contributed by atoms with van der Waals surface area (Å²) in [5, 5.41) is 10.5. The number of rotatable bonds is 5. The first kappa shape index (κ1) is 16.6. The molecule has 2 aromatic rings. The largest absolute Gasteiger partial charge is 0.352 e. The molecule has 3 rings (SSSR count). The Balaban J connectivity index is 1.62. The lowest BCUT2D eigenvalue weighted by Crippen LogP contribution is -2.33. The van der Waals surface area contributed by atoms with Gasteiger partial charge in [0.2, 0.25) is 0 Å². The van der Waals surface area contributed by atoms with Crippen LogP contribution in [0.1, 0.15) is 35.3 Å². The molecule has 1 amide bonds. The average molecular weight is 330 g/mol. The van der Waals surface area contributed by atoms with E-state index in [-0.39, 0.29) is 11.7 Å². The van der Waals surface area contributed by atoms with Crippen LogP contribution in [0.2, 0.25) is 0 Å². The van der Waals surface area contributed by atoms with E-state index in [9.17, 15) is 9.18 Å². The molecule has 1 saturated heterocycles. The predicted molar refractivity (Wildman–Crippen MR) is 90.8 cm³/mol. The van der Waals surface area contributed by atoms with Crippen LogP contribution in [0.3, 0.4) is 0 Å². The first-order chi connectivity index (χ1) is 11.7. The second kappa shape index (κ2) is 7.57. The van der Waals surface area contributed by atoms with Crippen molar-refractivity contribution in [1.82, 2.24) is 20.4 Å². The van der Waals surface area contributed by atoms with E-state index in [4.69, 9.17) is 0 Å². The number of nitrogens with one attached hydrogen (secondary N) is 2. The van der Waals surface area contributed by atoms with Gasteiger partial charge in [0.15, 0.2) is 0 Å². The Bertz CT molecular complexity index is 707. The maximum atomic E-state index is 13.9. The molecule has 0 radical (unpaired) electrons. The molecule has 0 bridgehead atoms. The molecule has 1 aliphatic rings. The average Bonchev–Trinajstić information content (AvgIpc) is 2.98. The Hall–Kier alpha value is -2.21. The number of benzene rings is 1. The second-order valence-corrected chi connectivity index (χ2v) is 6.26. The van der Waals surface area contributed by atoms with Crippen molar-refractivity contribution in [3.8, 4) is 5.69 Å². The number of carbonyl (C=O) groups is 1. The number of halogens is 1. The Kier molecular flexibility index (Phi) is 5.25. The minimum Gasteiger partial charge on any atom is -0.352 e. The van der Waals surface area contributed by atoms with Gasteiger partial charge in [0.05, 0.1) is 17.5 Å². The highest BCUT2D eigenvalue weighted by Crippen LogP contribution is 2.17. The molecule has 1 fully saturated rings. The third-order valence-electron chi connectivity index (χ3n) is 4.57. The van der Waals surface area contributed by atoms with E-state index in [0.717, 1.165) is 19.5 Å². The lowest BCUT2D eigenvalue weighted by molar-refractivity contribution is 0.0950. The zero-order chi connectivity index (χ0) is 16.9. The fourth-order valence-electron chi connectivity index (χ4n) is 3.15. The summed E-state index contributed by atoms with van der Waals surface area (Å²) in [5.41, 5.74) is 1.47. The van der Waals surface area contributed by atoms with Crippen molar-refractivity contribution in [3.05, 3.63) is 47.5 Å². The fraction of sp³-hybridized carbons (Fsp3) is 0.444.